The van der Waals surface area contributed by atoms with Crippen LogP contribution >= 0.6 is 0 Å². The lowest BCUT2D eigenvalue weighted by Crippen LogP contribution is -2.54. The zero-order valence-electron chi connectivity index (χ0n) is 13.6. The highest BCUT2D eigenvalue weighted by Crippen LogP contribution is 2.22. The van der Waals surface area contributed by atoms with Crippen LogP contribution in [0, 0.1) is 13.8 Å². The van der Waals surface area contributed by atoms with E-state index in [1.165, 1.54) is 5.56 Å². The van der Waals surface area contributed by atoms with Gasteiger partial charge in [-0.1, -0.05) is 12.1 Å². The second-order valence-electron chi connectivity index (χ2n) is 6.53. The Kier molecular flexibility index (Phi) is 5.25. The Morgan fingerprint density at radius 1 is 1.38 bits per heavy atom. The summed E-state index contributed by atoms with van der Waals surface area (Å²) in [6, 6.07) is 6.26. The van der Waals surface area contributed by atoms with Crippen LogP contribution in [0.4, 0.5) is 0 Å². The van der Waals surface area contributed by atoms with Crippen molar-refractivity contribution in [2.75, 3.05) is 32.8 Å². The van der Waals surface area contributed by atoms with Gasteiger partial charge in [0, 0.05) is 19.6 Å². The highest BCUT2D eigenvalue weighted by atomic mass is 16.5. The summed E-state index contributed by atoms with van der Waals surface area (Å²) < 4.78 is 11.7. The molecule has 1 unspecified atom stereocenters. The molecule has 1 saturated heterocycles. The Morgan fingerprint density at radius 3 is 2.86 bits per heavy atom. The lowest BCUT2D eigenvalue weighted by Gasteiger charge is -2.42. The van der Waals surface area contributed by atoms with Gasteiger partial charge in [0.15, 0.2) is 0 Å². The number of rotatable bonds is 5. The molecule has 1 heterocycles. The average Bonchev–Trinajstić information content (AvgIpc) is 2.41. The first kappa shape index (κ1) is 16.3. The number of nitrogens with zero attached hydrogens (tertiary/aromatic N) is 1. The van der Waals surface area contributed by atoms with Crippen LogP contribution in [0.5, 0.6) is 5.75 Å². The first-order valence-electron chi connectivity index (χ1n) is 7.61. The molecule has 1 aliphatic rings. The van der Waals surface area contributed by atoms with Crippen LogP contribution in [0.2, 0.25) is 0 Å². The van der Waals surface area contributed by atoms with Crippen molar-refractivity contribution in [3.05, 3.63) is 29.3 Å². The molecule has 0 aliphatic carbocycles. The molecule has 4 nitrogen and oxygen atoms in total. The van der Waals surface area contributed by atoms with Crippen molar-refractivity contribution in [1.82, 2.24) is 4.90 Å². The third-order valence-electron chi connectivity index (χ3n) is 3.76. The van der Waals surface area contributed by atoms with E-state index < -0.39 is 0 Å². The molecule has 0 radical (unpaired) electrons. The van der Waals surface area contributed by atoms with Crippen molar-refractivity contribution in [1.29, 1.82) is 0 Å². The van der Waals surface area contributed by atoms with Gasteiger partial charge in [0.1, 0.15) is 12.4 Å². The molecule has 0 bridgehead atoms. The van der Waals surface area contributed by atoms with Crippen molar-refractivity contribution >= 4 is 0 Å². The summed E-state index contributed by atoms with van der Waals surface area (Å²) in [5, 5.41) is 9.33. The van der Waals surface area contributed by atoms with Gasteiger partial charge in [-0.05, 0) is 44.9 Å². The number of benzene rings is 1. The van der Waals surface area contributed by atoms with Crippen molar-refractivity contribution < 1.29 is 14.6 Å². The summed E-state index contributed by atoms with van der Waals surface area (Å²) in [4.78, 5) is 2.30. The highest BCUT2D eigenvalue weighted by molar-refractivity contribution is 5.35. The SMILES string of the molecule is Cc1ccc(C)c(OCCN2CC(CO)OC(C)(C)C2)c1. The highest BCUT2D eigenvalue weighted by Gasteiger charge is 2.32. The summed E-state index contributed by atoms with van der Waals surface area (Å²) in [5.41, 5.74) is 2.16. The maximum atomic E-state index is 9.33. The maximum absolute atomic E-state index is 9.33. The second-order valence-corrected chi connectivity index (χ2v) is 6.53. The van der Waals surface area contributed by atoms with E-state index in [2.05, 4.69) is 50.8 Å². The summed E-state index contributed by atoms with van der Waals surface area (Å²) in [6.45, 7) is 11.4. The fraction of sp³-hybridized carbons (Fsp3) is 0.647. The van der Waals surface area contributed by atoms with Gasteiger partial charge in [0.2, 0.25) is 0 Å². The number of hydrogen-bond acceptors (Lipinski definition) is 4. The predicted octanol–water partition coefficient (Wildman–Crippen LogP) is 2.15. The third-order valence-corrected chi connectivity index (χ3v) is 3.76. The molecule has 0 aromatic heterocycles. The van der Waals surface area contributed by atoms with Crippen LogP contribution in [-0.4, -0.2) is 54.6 Å². The quantitative estimate of drug-likeness (QED) is 0.903. The Balaban J connectivity index is 1.86. The Labute approximate surface area is 127 Å². The third kappa shape index (κ3) is 4.70. The summed E-state index contributed by atoms with van der Waals surface area (Å²) in [7, 11) is 0. The van der Waals surface area contributed by atoms with Gasteiger partial charge >= 0.3 is 0 Å². The van der Waals surface area contributed by atoms with Crippen LogP contribution in [0.3, 0.4) is 0 Å². The number of morpholine rings is 1. The fourth-order valence-corrected chi connectivity index (χ4v) is 2.83. The molecule has 1 aromatic rings. The van der Waals surface area contributed by atoms with Crippen molar-refractivity contribution in [3.63, 3.8) is 0 Å². The molecule has 0 spiro atoms. The van der Waals surface area contributed by atoms with Crippen LogP contribution in [0.25, 0.3) is 0 Å². The topological polar surface area (TPSA) is 41.9 Å². The van der Waals surface area contributed by atoms with E-state index in [4.69, 9.17) is 9.47 Å². The molecular formula is C17H27NO3. The second kappa shape index (κ2) is 6.77. The van der Waals surface area contributed by atoms with Gasteiger partial charge in [0.25, 0.3) is 0 Å². The van der Waals surface area contributed by atoms with Crippen LogP contribution in [0.1, 0.15) is 25.0 Å². The lowest BCUT2D eigenvalue weighted by molar-refractivity contribution is -0.149. The first-order valence-corrected chi connectivity index (χ1v) is 7.61. The van der Waals surface area contributed by atoms with E-state index in [-0.39, 0.29) is 18.3 Å². The Morgan fingerprint density at radius 2 is 2.14 bits per heavy atom. The Bertz CT molecular complexity index is 473. The molecule has 1 fully saturated rings. The zero-order valence-corrected chi connectivity index (χ0v) is 13.6. The standard InChI is InChI=1S/C17H27NO3/c1-13-5-6-14(2)16(9-13)20-8-7-18-10-15(11-19)21-17(3,4)12-18/h5-6,9,15,19H,7-8,10-12H2,1-4H3. The minimum atomic E-state index is -0.217. The van der Waals surface area contributed by atoms with Crippen molar-refractivity contribution in [2.45, 2.75) is 39.4 Å². The van der Waals surface area contributed by atoms with E-state index in [1.54, 1.807) is 0 Å². The average molecular weight is 293 g/mol. The molecule has 1 aromatic carbocycles. The maximum Gasteiger partial charge on any atom is 0.122 e. The van der Waals surface area contributed by atoms with Gasteiger partial charge < -0.3 is 14.6 Å². The molecule has 118 valence electrons. The van der Waals surface area contributed by atoms with Crippen LogP contribution in [0.15, 0.2) is 18.2 Å². The van der Waals surface area contributed by atoms with E-state index >= 15 is 0 Å². The largest absolute Gasteiger partial charge is 0.492 e. The Hall–Kier alpha value is -1.10. The summed E-state index contributed by atoms with van der Waals surface area (Å²) in [5.74, 6) is 0.959. The van der Waals surface area contributed by atoms with Gasteiger partial charge in [-0.3, -0.25) is 4.90 Å². The van der Waals surface area contributed by atoms with E-state index in [0.717, 1.165) is 30.9 Å². The molecule has 4 heteroatoms. The molecule has 2 rings (SSSR count). The number of aliphatic hydroxyl groups is 1. The predicted molar refractivity (Wildman–Crippen MR) is 83.9 cm³/mol. The molecule has 1 aliphatic heterocycles. The van der Waals surface area contributed by atoms with E-state index in [9.17, 15) is 5.11 Å². The monoisotopic (exact) mass is 293 g/mol. The number of ether oxygens (including phenoxy) is 2. The van der Waals surface area contributed by atoms with Crippen molar-refractivity contribution in [2.24, 2.45) is 0 Å². The van der Waals surface area contributed by atoms with Gasteiger partial charge in [0.05, 0.1) is 18.3 Å². The molecular weight excluding hydrogens is 266 g/mol. The first-order chi connectivity index (χ1) is 9.89. The van der Waals surface area contributed by atoms with E-state index in [1.807, 2.05) is 0 Å². The zero-order chi connectivity index (χ0) is 15.5. The normalized spacial score (nSPS) is 22.2. The molecule has 1 N–H and O–H groups in total. The minimum absolute atomic E-state index is 0.0672. The van der Waals surface area contributed by atoms with E-state index in [0.29, 0.717) is 6.61 Å². The van der Waals surface area contributed by atoms with Crippen LogP contribution < -0.4 is 4.74 Å². The molecule has 1 atom stereocenters. The molecule has 0 amide bonds. The summed E-state index contributed by atoms with van der Waals surface area (Å²) >= 11 is 0. The smallest absolute Gasteiger partial charge is 0.122 e. The lowest BCUT2D eigenvalue weighted by atomic mass is 10.1. The van der Waals surface area contributed by atoms with Crippen LogP contribution in [-0.2, 0) is 4.74 Å². The van der Waals surface area contributed by atoms with Crippen molar-refractivity contribution in [3.8, 4) is 5.75 Å². The fourth-order valence-electron chi connectivity index (χ4n) is 2.83. The summed E-state index contributed by atoms with van der Waals surface area (Å²) in [6.07, 6.45) is -0.102. The number of hydrogen-bond donors (Lipinski definition) is 1. The number of aryl methyl sites for hydroxylation is 2. The van der Waals surface area contributed by atoms with Gasteiger partial charge in [-0.2, -0.15) is 0 Å². The molecule has 21 heavy (non-hydrogen) atoms. The minimum Gasteiger partial charge on any atom is -0.492 e. The molecule has 0 saturated carbocycles. The van der Waals surface area contributed by atoms with Gasteiger partial charge in [-0.25, -0.2) is 0 Å². The van der Waals surface area contributed by atoms with Gasteiger partial charge in [-0.15, -0.1) is 0 Å². The number of aliphatic hydroxyl groups excluding tert-OH is 1.